The van der Waals surface area contributed by atoms with Crippen molar-refractivity contribution >= 4 is 11.7 Å². The summed E-state index contributed by atoms with van der Waals surface area (Å²) in [6.45, 7) is 1.94. The van der Waals surface area contributed by atoms with Crippen molar-refractivity contribution in [2.75, 3.05) is 6.61 Å². The van der Waals surface area contributed by atoms with Gasteiger partial charge in [-0.05, 0) is 12.5 Å². The van der Waals surface area contributed by atoms with Crippen LogP contribution in [-0.2, 0) is 16.1 Å². The second-order valence-corrected chi connectivity index (χ2v) is 3.58. The van der Waals surface area contributed by atoms with Gasteiger partial charge in [-0.1, -0.05) is 30.3 Å². The molecule has 0 aliphatic rings. The molecular weight excluding hydrogens is 240 g/mol. The first-order valence-corrected chi connectivity index (χ1v) is 5.64. The van der Waals surface area contributed by atoms with E-state index in [-0.39, 0.29) is 13.2 Å². The lowest BCUT2D eigenvalue weighted by molar-refractivity contribution is -0.141. The third kappa shape index (κ3) is 5.03. The van der Waals surface area contributed by atoms with Gasteiger partial charge in [-0.3, -0.25) is 9.79 Å². The van der Waals surface area contributed by atoms with Crippen LogP contribution in [0.25, 0.3) is 0 Å². The molecule has 0 saturated heterocycles. The van der Waals surface area contributed by atoms with E-state index < -0.39 is 24.5 Å². The number of hydrogen-bond acceptors (Lipinski definition) is 3. The maximum atomic E-state index is 12.7. The average Bonchev–Trinajstić information content (AvgIpc) is 2.35. The van der Waals surface area contributed by atoms with Crippen LogP contribution in [0.15, 0.2) is 35.3 Å². The molecule has 0 fully saturated rings. The maximum absolute atomic E-state index is 12.7. The van der Waals surface area contributed by atoms with Gasteiger partial charge in [-0.15, -0.1) is 0 Å². The quantitative estimate of drug-likeness (QED) is 0.579. The minimum Gasteiger partial charge on any atom is -0.466 e. The summed E-state index contributed by atoms with van der Waals surface area (Å²) in [7, 11) is 0. The monoisotopic (exact) mass is 255 g/mol. The average molecular weight is 255 g/mol. The largest absolute Gasteiger partial charge is 0.466 e. The van der Waals surface area contributed by atoms with Gasteiger partial charge in [0.25, 0.3) is 6.43 Å². The lowest BCUT2D eigenvalue weighted by Crippen LogP contribution is -2.18. The minimum atomic E-state index is -2.74. The standard InChI is InChI=1S/C13H15F2NO2/c1-2-18-12(17)8-11(13(14)15)16-9-10-6-4-3-5-7-10/h3-7,13H,2,8-9H2,1H3. The first kappa shape index (κ1) is 14.3. The Labute approximate surface area is 104 Å². The molecule has 0 heterocycles. The fraction of sp³-hybridized carbons (Fsp3) is 0.385. The molecule has 0 amide bonds. The van der Waals surface area contributed by atoms with Crippen LogP contribution in [0, 0.1) is 0 Å². The van der Waals surface area contributed by atoms with Crippen LogP contribution < -0.4 is 0 Å². The lowest BCUT2D eigenvalue weighted by Gasteiger charge is -2.05. The summed E-state index contributed by atoms with van der Waals surface area (Å²) in [5, 5.41) is 0. The Morgan fingerprint density at radius 3 is 2.56 bits per heavy atom. The molecular formula is C13H15F2NO2. The summed E-state index contributed by atoms with van der Waals surface area (Å²) in [5.41, 5.74) is 0.386. The predicted molar refractivity (Wildman–Crippen MR) is 64.8 cm³/mol. The highest BCUT2D eigenvalue weighted by Gasteiger charge is 2.17. The van der Waals surface area contributed by atoms with Crippen molar-refractivity contribution in [2.45, 2.75) is 26.3 Å². The molecule has 0 aliphatic heterocycles. The number of hydrogen-bond donors (Lipinski definition) is 0. The van der Waals surface area contributed by atoms with Crippen molar-refractivity contribution in [3.8, 4) is 0 Å². The Hall–Kier alpha value is -1.78. The molecule has 0 aliphatic carbocycles. The van der Waals surface area contributed by atoms with Crippen molar-refractivity contribution in [3.63, 3.8) is 0 Å². The van der Waals surface area contributed by atoms with Crippen molar-refractivity contribution in [2.24, 2.45) is 4.99 Å². The molecule has 0 aromatic heterocycles. The second-order valence-electron chi connectivity index (χ2n) is 3.58. The van der Waals surface area contributed by atoms with Gasteiger partial charge < -0.3 is 4.74 Å². The van der Waals surface area contributed by atoms with Crippen LogP contribution >= 0.6 is 0 Å². The Kier molecular flexibility index (Phi) is 5.97. The summed E-state index contributed by atoms with van der Waals surface area (Å²) in [6, 6.07) is 9.02. The van der Waals surface area contributed by atoms with Crippen LogP contribution in [0.3, 0.4) is 0 Å². The van der Waals surface area contributed by atoms with Crippen LogP contribution in [0.4, 0.5) is 8.78 Å². The van der Waals surface area contributed by atoms with E-state index in [4.69, 9.17) is 0 Å². The van der Waals surface area contributed by atoms with E-state index in [1.54, 1.807) is 31.2 Å². The zero-order valence-corrected chi connectivity index (χ0v) is 10.1. The Bertz CT molecular complexity index is 405. The molecule has 0 spiro atoms. The number of ether oxygens (including phenoxy) is 1. The van der Waals surface area contributed by atoms with Gasteiger partial charge in [-0.2, -0.15) is 0 Å². The van der Waals surface area contributed by atoms with E-state index in [9.17, 15) is 13.6 Å². The lowest BCUT2D eigenvalue weighted by atomic mass is 10.2. The molecule has 1 aromatic rings. The van der Waals surface area contributed by atoms with E-state index in [0.717, 1.165) is 5.56 Å². The van der Waals surface area contributed by atoms with E-state index in [2.05, 4.69) is 9.73 Å². The number of aliphatic imine (C=N–C) groups is 1. The van der Waals surface area contributed by atoms with Crippen molar-refractivity contribution < 1.29 is 18.3 Å². The summed E-state index contributed by atoms with van der Waals surface area (Å²) in [6.07, 6.45) is -3.20. The number of carbonyl (C=O) groups excluding carboxylic acids is 1. The molecule has 98 valence electrons. The van der Waals surface area contributed by atoms with Crippen LogP contribution in [0.2, 0.25) is 0 Å². The zero-order chi connectivity index (χ0) is 13.4. The molecule has 0 bridgehead atoms. The third-order valence-corrected chi connectivity index (χ3v) is 2.19. The first-order valence-electron chi connectivity index (χ1n) is 5.64. The smallest absolute Gasteiger partial charge is 0.311 e. The number of carbonyl (C=O) groups is 1. The van der Waals surface area contributed by atoms with Gasteiger partial charge in [0.05, 0.1) is 25.3 Å². The molecule has 0 radical (unpaired) electrons. The maximum Gasteiger partial charge on any atom is 0.311 e. The van der Waals surface area contributed by atoms with Crippen molar-refractivity contribution in [1.29, 1.82) is 0 Å². The third-order valence-electron chi connectivity index (χ3n) is 2.19. The summed E-state index contributed by atoms with van der Waals surface area (Å²) in [5.74, 6) is -0.676. The normalized spacial score (nSPS) is 11.7. The number of esters is 1. The number of alkyl halides is 2. The molecule has 0 unspecified atom stereocenters. The van der Waals surface area contributed by atoms with E-state index in [1.165, 1.54) is 0 Å². The Morgan fingerprint density at radius 2 is 2.00 bits per heavy atom. The van der Waals surface area contributed by atoms with E-state index in [0.29, 0.717) is 0 Å². The topological polar surface area (TPSA) is 38.7 Å². The van der Waals surface area contributed by atoms with Gasteiger partial charge in [0, 0.05) is 0 Å². The van der Waals surface area contributed by atoms with Gasteiger partial charge in [0.15, 0.2) is 0 Å². The number of benzene rings is 1. The highest BCUT2D eigenvalue weighted by molar-refractivity contribution is 6.00. The SMILES string of the molecule is CCOC(=O)CC(=NCc1ccccc1)C(F)F. The molecule has 1 rings (SSSR count). The molecule has 0 N–H and O–H groups in total. The predicted octanol–water partition coefficient (Wildman–Crippen LogP) is 2.85. The number of halogens is 2. The van der Waals surface area contributed by atoms with E-state index in [1.807, 2.05) is 6.07 Å². The summed E-state index contributed by atoms with van der Waals surface area (Å²) in [4.78, 5) is 14.9. The van der Waals surface area contributed by atoms with Crippen LogP contribution in [0.1, 0.15) is 18.9 Å². The molecule has 18 heavy (non-hydrogen) atoms. The van der Waals surface area contributed by atoms with Gasteiger partial charge in [-0.25, -0.2) is 8.78 Å². The molecule has 5 heteroatoms. The fourth-order valence-electron chi connectivity index (χ4n) is 1.34. The van der Waals surface area contributed by atoms with Crippen LogP contribution in [-0.4, -0.2) is 24.7 Å². The van der Waals surface area contributed by atoms with Gasteiger partial charge >= 0.3 is 5.97 Å². The van der Waals surface area contributed by atoms with Gasteiger partial charge in [0.1, 0.15) is 0 Å². The number of rotatable bonds is 6. The van der Waals surface area contributed by atoms with Crippen LogP contribution in [0.5, 0.6) is 0 Å². The first-order chi connectivity index (χ1) is 8.63. The Morgan fingerprint density at radius 1 is 1.33 bits per heavy atom. The summed E-state index contributed by atoms with van der Waals surface area (Å²) < 4.78 is 29.9. The van der Waals surface area contributed by atoms with Crippen molar-refractivity contribution in [3.05, 3.63) is 35.9 Å². The van der Waals surface area contributed by atoms with Gasteiger partial charge in [0.2, 0.25) is 0 Å². The molecule has 0 atom stereocenters. The Balaban J connectivity index is 2.64. The summed E-state index contributed by atoms with van der Waals surface area (Å²) >= 11 is 0. The number of nitrogens with zero attached hydrogens (tertiary/aromatic N) is 1. The molecule has 1 aromatic carbocycles. The van der Waals surface area contributed by atoms with Crippen molar-refractivity contribution in [1.82, 2.24) is 0 Å². The second kappa shape index (κ2) is 7.53. The fourth-order valence-corrected chi connectivity index (χ4v) is 1.34. The van der Waals surface area contributed by atoms with E-state index >= 15 is 0 Å². The molecule has 0 saturated carbocycles. The highest BCUT2D eigenvalue weighted by atomic mass is 19.3. The molecule has 3 nitrogen and oxygen atoms in total. The highest BCUT2D eigenvalue weighted by Crippen LogP contribution is 2.07. The minimum absolute atomic E-state index is 0.139. The zero-order valence-electron chi connectivity index (χ0n) is 10.1.